The third-order valence-corrected chi connectivity index (χ3v) is 4.46. The number of nitrogens with one attached hydrogen (secondary N) is 1. The molecule has 27 heavy (non-hydrogen) atoms. The summed E-state index contributed by atoms with van der Waals surface area (Å²) in [6.45, 7) is 4.85. The average Bonchev–Trinajstić information content (AvgIpc) is 2.92. The number of rotatable bonds is 4. The highest BCUT2D eigenvalue weighted by molar-refractivity contribution is 6.21. The fourth-order valence-corrected chi connectivity index (χ4v) is 3.45. The number of anilines is 1. The zero-order valence-electron chi connectivity index (χ0n) is 14.8. The van der Waals surface area contributed by atoms with Gasteiger partial charge in [0.15, 0.2) is 0 Å². The Morgan fingerprint density at radius 3 is 2.67 bits per heavy atom. The Morgan fingerprint density at radius 2 is 2.00 bits per heavy atom. The van der Waals surface area contributed by atoms with E-state index in [-0.39, 0.29) is 29.4 Å². The lowest BCUT2D eigenvalue weighted by Gasteiger charge is -2.35. The van der Waals surface area contributed by atoms with Crippen LogP contribution in [0, 0.1) is 0 Å². The average molecular weight is 370 g/mol. The van der Waals surface area contributed by atoms with E-state index in [1.807, 2.05) is 0 Å². The molecule has 0 aromatic heterocycles. The topological polar surface area (TPSA) is 117 Å². The van der Waals surface area contributed by atoms with Crippen molar-refractivity contribution in [3.8, 4) is 0 Å². The summed E-state index contributed by atoms with van der Waals surface area (Å²) in [7, 11) is 1.17. The van der Waals surface area contributed by atoms with Gasteiger partial charge in [-0.15, -0.1) is 0 Å². The first-order chi connectivity index (χ1) is 12.9. The van der Waals surface area contributed by atoms with Crippen molar-refractivity contribution >= 4 is 23.5 Å². The number of benzene rings is 1. The lowest BCUT2D eigenvalue weighted by molar-refractivity contribution is -0.141. The second kappa shape index (κ2) is 6.64. The molecule has 1 spiro atoms. The highest BCUT2D eigenvalue weighted by atomic mass is 16.5. The number of esters is 2. The van der Waals surface area contributed by atoms with Crippen LogP contribution >= 0.6 is 0 Å². The molecular formula is C19H18N2O6. The van der Waals surface area contributed by atoms with Crippen LogP contribution in [0.25, 0.3) is 0 Å². The molecule has 8 nitrogen and oxygen atoms in total. The van der Waals surface area contributed by atoms with E-state index in [1.54, 1.807) is 24.3 Å². The van der Waals surface area contributed by atoms with Crippen molar-refractivity contribution in [2.75, 3.05) is 19.0 Å². The van der Waals surface area contributed by atoms with Gasteiger partial charge in [0.25, 0.3) is 0 Å². The zero-order valence-corrected chi connectivity index (χ0v) is 14.8. The monoisotopic (exact) mass is 370 g/mol. The second-order valence-electron chi connectivity index (χ2n) is 5.90. The first-order valence-corrected chi connectivity index (χ1v) is 8.06. The zero-order chi connectivity index (χ0) is 19.8. The number of hydrogen-bond donors (Lipinski definition) is 2. The number of para-hydroxylation sites is 1. The minimum Gasteiger partial charge on any atom is -0.466 e. The molecule has 0 saturated carbocycles. The van der Waals surface area contributed by atoms with Crippen molar-refractivity contribution in [1.82, 2.24) is 0 Å². The fraction of sp³-hybridized carbons (Fsp3) is 0.211. The summed E-state index contributed by atoms with van der Waals surface area (Å²) < 4.78 is 15.4. The SMILES string of the molecule is C=CCOC(=O)C1=C(N)OC(C)=C(C(=O)OC)[C@]12C(=O)Nc1ccccc12. The van der Waals surface area contributed by atoms with E-state index in [0.29, 0.717) is 11.3 Å². The second-order valence-corrected chi connectivity index (χ2v) is 5.90. The van der Waals surface area contributed by atoms with Crippen LogP contribution < -0.4 is 11.1 Å². The number of hydrogen-bond acceptors (Lipinski definition) is 7. The number of allylic oxidation sites excluding steroid dienone is 1. The van der Waals surface area contributed by atoms with Crippen LogP contribution in [0.3, 0.4) is 0 Å². The lowest BCUT2D eigenvalue weighted by atomic mass is 9.67. The number of carbonyl (C=O) groups is 3. The van der Waals surface area contributed by atoms with Gasteiger partial charge in [0, 0.05) is 11.3 Å². The number of nitrogens with two attached hydrogens (primary N) is 1. The lowest BCUT2D eigenvalue weighted by Crippen LogP contribution is -2.48. The maximum atomic E-state index is 13.2. The summed E-state index contributed by atoms with van der Waals surface area (Å²) in [5.74, 6) is -2.60. The Labute approximate surface area is 155 Å². The van der Waals surface area contributed by atoms with Crippen molar-refractivity contribution in [2.24, 2.45) is 5.73 Å². The van der Waals surface area contributed by atoms with Gasteiger partial charge in [0.2, 0.25) is 11.8 Å². The Bertz CT molecular complexity index is 930. The van der Waals surface area contributed by atoms with Crippen molar-refractivity contribution in [3.63, 3.8) is 0 Å². The van der Waals surface area contributed by atoms with E-state index >= 15 is 0 Å². The molecule has 1 atom stereocenters. The molecule has 8 heteroatoms. The molecule has 3 rings (SSSR count). The van der Waals surface area contributed by atoms with Crippen molar-refractivity contribution in [1.29, 1.82) is 0 Å². The van der Waals surface area contributed by atoms with Gasteiger partial charge in [-0.2, -0.15) is 0 Å². The van der Waals surface area contributed by atoms with Gasteiger partial charge in [-0.1, -0.05) is 30.9 Å². The van der Waals surface area contributed by atoms with Gasteiger partial charge in [-0.3, -0.25) is 4.79 Å². The first kappa shape index (κ1) is 18.2. The predicted octanol–water partition coefficient (Wildman–Crippen LogP) is 1.25. The third kappa shape index (κ3) is 2.49. The molecule has 0 bridgehead atoms. The molecular weight excluding hydrogens is 352 g/mol. The summed E-state index contributed by atoms with van der Waals surface area (Å²) in [6, 6.07) is 6.69. The maximum Gasteiger partial charge on any atom is 0.341 e. The number of fused-ring (bicyclic) bond motifs is 2. The highest BCUT2D eigenvalue weighted by Gasteiger charge is 2.61. The molecule has 1 amide bonds. The largest absolute Gasteiger partial charge is 0.466 e. The number of methoxy groups -OCH3 is 1. The Morgan fingerprint density at radius 1 is 1.30 bits per heavy atom. The molecule has 2 aliphatic rings. The van der Waals surface area contributed by atoms with Crippen LogP contribution in [0.1, 0.15) is 12.5 Å². The van der Waals surface area contributed by atoms with Crippen LogP contribution in [0.2, 0.25) is 0 Å². The van der Waals surface area contributed by atoms with Crippen LogP contribution in [0.4, 0.5) is 5.69 Å². The van der Waals surface area contributed by atoms with E-state index in [2.05, 4.69) is 11.9 Å². The van der Waals surface area contributed by atoms with Crippen molar-refractivity contribution in [3.05, 3.63) is 65.3 Å². The first-order valence-electron chi connectivity index (χ1n) is 8.06. The van der Waals surface area contributed by atoms with Gasteiger partial charge in [-0.25, -0.2) is 9.59 Å². The van der Waals surface area contributed by atoms with Gasteiger partial charge < -0.3 is 25.3 Å². The van der Waals surface area contributed by atoms with Crippen molar-refractivity contribution in [2.45, 2.75) is 12.3 Å². The van der Waals surface area contributed by atoms with Gasteiger partial charge in [0.05, 0.1) is 7.11 Å². The molecule has 2 heterocycles. The highest BCUT2D eigenvalue weighted by Crippen LogP contribution is 2.52. The standard InChI is InChI=1S/C19H18N2O6/c1-4-9-26-17(23)14-15(20)27-10(2)13(16(22)25-3)19(14)11-7-5-6-8-12(11)21-18(19)24/h4-8H,1,9,20H2,2-3H3,(H,21,24)/t19-/m0/s1. The third-order valence-electron chi connectivity index (χ3n) is 4.46. The van der Waals surface area contributed by atoms with Gasteiger partial charge >= 0.3 is 11.9 Å². The minimum atomic E-state index is -1.84. The molecule has 0 radical (unpaired) electrons. The molecule has 0 fully saturated rings. The fourth-order valence-electron chi connectivity index (χ4n) is 3.45. The van der Waals surface area contributed by atoms with E-state index in [1.165, 1.54) is 20.1 Å². The van der Waals surface area contributed by atoms with Gasteiger partial charge in [-0.05, 0) is 13.0 Å². The Hall–Kier alpha value is -3.55. The van der Waals surface area contributed by atoms with E-state index in [4.69, 9.17) is 19.9 Å². The van der Waals surface area contributed by atoms with Crippen LogP contribution in [-0.4, -0.2) is 31.6 Å². The molecule has 0 unspecified atom stereocenters. The number of carbonyl (C=O) groups excluding carboxylic acids is 3. The molecule has 3 N–H and O–H groups in total. The number of amides is 1. The van der Waals surface area contributed by atoms with E-state index in [9.17, 15) is 14.4 Å². The maximum absolute atomic E-state index is 13.2. The molecule has 1 aromatic rings. The van der Waals surface area contributed by atoms with Crippen molar-refractivity contribution < 1.29 is 28.6 Å². The minimum absolute atomic E-state index is 0.0615. The molecule has 1 aromatic carbocycles. The summed E-state index contributed by atoms with van der Waals surface area (Å²) >= 11 is 0. The van der Waals surface area contributed by atoms with Crippen LogP contribution in [0.15, 0.2) is 59.7 Å². The quantitative estimate of drug-likeness (QED) is 0.605. The smallest absolute Gasteiger partial charge is 0.341 e. The number of ether oxygens (including phenoxy) is 3. The Kier molecular flexibility index (Phi) is 4.49. The molecule has 0 aliphatic carbocycles. The molecule has 0 saturated heterocycles. The summed E-state index contributed by atoms with van der Waals surface area (Å²) in [6.07, 6.45) is 1.37. The van der Waals surface area contributed by atoms with E-state index in [0.717, 1.165) is 0 Å². The molecule has 2 aliphatic heterocycles. The van der Waals surface area contributed by atoms with Gasteiger partial charge in [0.1, 0.15) is 28.9 Å². The van der Waals surface area contributed by atoms with Crippen LogP contribution in [-0.2, 0) is 34.0 Å². The summed E-state index contributed by atoms with van der Waals surface area (Å²) in [4.78, 5) is 38.6. The summed E-state index contributed by atoms with van der Waals surface area (Å²) in [5, 5.41) is 2.69. The van der Waals surface area contributed by atoms with E-state index < -0.39 is 23.3 Å². The summed E-state index contributed by atoms with van der Waals surface area (Å²) in [5.41, 5.74) is 4.56. The van der Waals surface area contributed by atoms with Crippen LogP contribution in [0.5, 0.6) is 0 Å². The predicted molar refractivity (Wildman–Crippen MR) is 94.9 cm³/mol. The molecule has 140 valence electrons. The Balaban J connectivity index is 2.36. The normalized spacial score (nSPS) is 20.7.